The minimum absolute atomic E-state index is 0.401. The Kier molecular flexibility index (Phi) is 7.47. The van der Waals surface area contributed by atoms with Crippen LogP contribution in [0.3, 0.4) is 0 Å². The lowest BCUT2D eigenvalue weighted by Gasteiger charge is -2.36. The van der Waals surface area contributed by atoms with E-state index >= 15 is 0 Å². The third-order valence-corrected chi connectivity index (χ3v) is 5.30. The van der Waals surface area contributed by atoms with Crippen LogP contribution in [0.2, 0.25) is 19.1 Å². The van der Waals surface area contributed by atoms with Crippen molar-refractivity contribution in [2.75, 3.05) is 27.1 Å². The molecule has 0 aromatic heterocycles. The molecule has 0 amide bonds. The molecule has 0 unspecified atom stereocenters. The summed E-state index contributed by atoms with van der Waals surface area (Å²) in [4.78, 5) is 0. The molecule has 0 bridgehead atoms. The lowest BCUT2D eigenvalue weighted by Crippen LogP contribution is -2.45. The van der Waals surface area contributed by atoms with Gasteiger partial charge in [0.25, 0.3) is 0 Å². The van der Waals surface area contributed by atoms with Gasteiger partial charge in [-0.25, -0.2) is 0 Å². The molecule has 0 aromatic rings. The summed E-state index contributed by atoms with van der Waals surface area (Å²) in [5.74, 6) is -0.401. The highest BCUT2D eigenvalue weighted by Gasteiger charge is 2.37. The zero-order chi connectivity index (χ0) is 12.7. The van der Waals surface area contributed by atoms with Crippen LogP contribution in [0.4, 0.5) is 0 Å². The smallest absolute Gasteiger partial charge is 0.165 e. The Morgan fingerprint density at radius 1 is 1.06 bits per heavy atom. The molecule has 0 atom stereocenters. The van der Waals surface area contributed by atoms with Crippen molar-refractivity contribution in [3.8, 4) is 0 Å². The van der Waals surface area contributed by atoms with Crippen molar-refractivity contribution in [1.82, 2.24) is 0 Å². The molecule has 4 heteroatoms. The van der Waals surface area contributed by atoms with Gasteiger partial charge < -0.3 is 14.2 Å². The third kappa shape index (κ3) is 5.43. The number of methoxy groups -OCH3 is 2. The fourth-order valence-electron chi connectivity index (χ4n) is 2.06. The Balaban J connectivity index is 4.46. The summed E-state index contributed by atoms with van der Waals surface area (Å²) in [6.45, 7) is 9.63. The molecule has 98 valence electrons. The van der Waals surface area contributed by atoms with E-state index in [-0.39, 0.29) is 0 Å². The topological polar surface area (TPSA) is 27.7 Å². The molecule has 0 aromatic carbocycles. The zero-order valence-corrected chi connectivity index (χ0v) is 12.8. The molecule has 0 aliphatic carbocycles. The molecule has 16 heavy (non-hydrogen) atoms. The lowest BCUT2D eigenvalue weighted by molar-refractivity contribution is -0.197. The van der Waals surface area contributed by atoms with Gasteiger partial charge in [0.15, 0.2) is 5.79 Å². The van der Waals surface area contributed by atoms with E-state index in [9.17, 15) is 0 Å². The summed E-state index contributed by atoms with van der Waals surface area (Å²) in [6, 6.07) is 0.987. The summed E-state index contributed by atoms with van der Waals surface area (Å²) >= 11 is 0. The third-order valence-electron chi connectivity index (χ3n) is 2.82. The van der Waals surface area contributed by atoms with E-state index in [0.717, 1.165) is 31.7 Å². The van der Waals surface area contributed by atoms with Crippen molar-refractivity contribution in [3.05, 3.63) is 0 Å². The second-order valence-electron chi connectivity index (χ2n) is 5.05. The van der Waals surface area contributed by atoms with Crippen LogP contribution in [0, 0.1) is 0 Å². The molecular weight excluding hydrogens is 220 g/mol. The average molecular weight is 248 g/mol. The second kappa shape index (κ2) is 7.43. The van der Waals surface area contributed by atoms with E-state index in [0.29, 0.717) is 0 Å². The monoisotopic (exact) mass is 248 g/mol. The first-order valence-electron chi connectivity index (χ1n) is 6.13. The average Bonchev–Trinajstić information content (AvgIpc) is 2.25. The Morgan fingerprint density at radius 2 is 1.62 bits per heavy atom. The van der Waals surface area contributed by atoms with Crippen molar-refractivity contribution < 1.29 is 14.2 Å². The van der Waals surface area contributed by atoms with Crippen molar-refractivity contribution >= 4 is 8.07 Å². The first-order valence-corrected chi connectivity index (χ1v) is 9.54. The highest BCUT2D eigenvalue weighted by Crippen LogP contribution is 2.29. The largest absolute Gasteiger partial charge is 0.385 e. The van der Waals surface area contributed by atoms with E-state index in [1.165, 1.54) is 0 Å². The van der Waals surface area contributed by atoms with Gasteiger partial charge in [-0.1, -0.05) is 26.4 Å². The number of ether oxygens (including phenoxy) is 3. The van der Waals surface area contributed by atoms with Crippen LogP contribution < -0.4 is 0 Å². The van der Waals surface area contributed by atoms with Crippen LogP contribution >= 0.6 is 0 Å². The first-order chi connectivity index (χ1) is 7.45. The van der Waals surface area contributed by atoms with Gasteiger partial charge >= 0.3 is 0 Å². The summed E-state index contributed by atoms with van der Waals surface area (Å²) in [5.41, 5.74) is 0. The van der Waals surface area contributed by atoms with Gasteiger partial charge in [-0.3, -0.25) is 0 Å². The molecule has 0 radical (unpaired) electrons. The maximum absolute atomic E-state index is 5.60. The van der Waals surface area contributed by atoms with E-state index in [1.807, 2.05) is 6.92 Å². The number of rotatable bonds is 9. The minimum atomic E-state index is -1.41. The van der Waals surface area contributed by atoms with E-state index in [2.05, 4.69) is 20.0 Å². The zero-order valence-electron chi connectivity index (χ0n) is 11.8. The predicted octanol–water partition coefficient (Wildman–Crippen LogP) is 3.06. The van der Waals surface area contributed by atoms with E-state index in [4.69, 9.17) is 14.2 Å². The van der Waals surface area contributed by atoms with Crippen molar-refractivity contribution in [1.29, 1.82) is 0 Å². The first kappa shape index (κ1) is 16.1. The summed E-state index contributed by atoms with van der Waals surface area (Å²) < 4.78 is 16.8. The van der Waals surface area contributed by atoms with Gasteiger partial charge in [0.1, 0.15) is 0 Å². The summed E-state index contributed by atoms with van der Waals surface area (Å²) in [7, 11) is 2.07. The highest BCUT2D eigenvalue weighted by molar-refractivity contribution is 6.77. The van der Waals surface area contributed by atoms with Gasteiger partial charge in [-0.2, -0.15) is 0 Å². The SMILES string of the molecule is CCCC(C[Si](C)(C)COCC)(OC)OC. The lowest BCUT2D eigenvalue weighted by atomic mass is 10.2. The minimum Gasteiger partial charge on any atom is -0.385 e. The standard InChI is InChI=1S/C12H28O3Si/c1-7-9-12(13-3,14-4)10-16(5,6)11-15-8-2/h7-11H2,1-6H3. The molecule has 3 nitrogen and oxygen atoms in total. The molecule has 0 aliphatic heterocycles. The van der Waals surface area contributed by atoms with Gasteiger partial charge in [-0.05, 0) is 13.0 Å². The molecule has 0 heterocycles. The molecule has 0 N–H and O–H groups in total. The van der Waals surface area contributed by atoms with Crippen LogP contribution in [0.15, 0.2) is 0 Å². The molecule has 0 rings (SSSR count). The highest BCUT2D eigenvalue weighted by atomic mass is 28.3. The maximum Gasteiger partial charge on any atom is 0.165 e. The number of hydrogen-bond donors (Lipinski definition) is 0. The van der Waals surface area contributed by atoms with Crippen molar-refractivity contribution in [3.63, 3.8) is 0 Å². The van der Waals surface area contributed by atoms with Gasteiger partial charge in [-0.15, -0.1) is 0 Å². The predicted molar refractivity (Wildman–Crippen MR) is 70.4 cm³/mol. The quantitative estimate of drug-likeness (QED) is 0.463. The summed E-state index contributed by atoms with van der Waals surface area (Å²) in [6.07, 6.45) is 2.89. The van der Waals surface area contributed by atoms with Gasteiger partial charge in [0.2, 0.25) is 0 Å². The van der Waals surface area contributed by atoms with Crippen LogP contribution in [-0.4, -0.2) is 40.9 Å². The van der Waals surface area contributed by atoms with Crippen LogP contribution in [0.1, 0.15) is 26.7 Å². The van der Waals surface area contributed by atoms with Crippen molar-refractivity contribution in [2.45, 2.75) is 51.6 Å². The Bertz CT molecular complexity index is 179. The Hall–Kier alpha value is 0.0969. The van der Waals surface area contributed by atoms with Crippen LogP contribution in [0.25, 0.3) is 0 Å². The fraction of sp³-hybridized carbons (Fsp3) is 1.00. The van der Waals surface area contributed by atoms with E-state index < -0.39 is 13.9 Å². The normalized spacial score (nSPS) is 13.1. The van der Waals surface area contributed by atoms with Crippen LogP contribution in [0.5, 0.6) is 0 Å². The van der Waals surface area contributed by atoms with Crippen LogP contribution in [-0.2, 0) is 14.2 Å². The van der Waals surface area contributed by atoms with E-state index in [1.54, 1.807) is 14.2 Å². The molecule has 0 saturated heterocycles. The molecule has 0 aliphatic rings. The Labute approximate surface area is 101 Å². The molecule has 0 fully saturated rings. The second-order valence-corrected chi connectivity index (χ2v) is 10.0. The van der Waals surface area contributed by atoms with Crippen molar-refractivity contribution in [2.24, 2.45) is 0 Å². The van der Waals surface area contributed by atoms with Gasteiger partial charge in [0.05, 0.1) is 8.07 Å². The molecular formula is C12H28O3Si. The molecule has 0 spiro atoms. The maximum atomic E-state index is 5.60. The number of hydrogen-bond acceptors (Lipinski definition) is 3. The Morgan fingerprint density at radius 3 is 2.00 bits per heavy atom. The van der Waals surface area contributed by atoms with Gasteiger partial charge in [0, 0.05) is 33.5 Å². The fourth-order valence-corrected chi connectivity index (χ4v) is 4.84. The molecule has 0 saturated carbocycles. The summed E-state index contributed by atoms with van der Waals surface area (Å²) in [5, 5.41) is 0.